The molecule has 0 radical (unpaired) electrons. The van der Waals surface area contributed by atoms with Crippen LogP contribution in [0.5, 0.6) is 0 Å². The fourth-order valence-electron chi connectivity index (χ4n) is 2.59. The molecule has 0 saturated carbocycles. The number of thioether (sulfide) groups is 1. The van der Waals surface area contributed by atoms with Crippen LogP contribution in [-0.2, 0) is 17.5 Å². The van der Waals surface area contributed by atoms with E-state index in [-0.39, 0.29) is 23.8 Å². The van der Waals surface area contributed by atoms with E-state index < -0.39 is 28.7 Å². The molecule has 1 atom stereocenters. The Labute approximate surface area is 144 Å². The highest BCUT2D eigenvalue weighted by Crippen LogP contribution is 2.40. The van der Waals surface area contributed by atoms with E-state index in [0.717, 1.165) is 30.3 Å². The van der Waals surface area contributed by atoms with Gasteiger partial charge in [-0.3, -0.25) is 4.79 Å². The molecular formula is C17H12F5NOS. The van der Waals surface area contributed by atoms with E-state index in [0.29, 0.717) is 5.56 Å². The van der Waals surface area contributed by atoms with Crippen molar-refractivity contribution in [3.8, 4) is 0 Å². The summed E-state index contributed by atoms with van der Waals surface area (Å²) in [6, 6.07) is 7.45. The molecule has 3 rings (SSSR count). The number of alkyl halides is 3. The first-order valence-electron chi connectivity index (χ1n) is 7.28. The van der Waals surface area contributed by atoms with Crippen LogP contribution in [0.25, 0.3) is 0 Å². The van der Waals surface area contributed by atoms with E-state index in [1.807, 2.05) is 0 Å². The molecular weight excluding hydrogens is 361 g/mol. The SMILES string of the molecule is O=C1CSC(c2ccc(C(F)(F)F)cc2)N1Cc1cc(F)ccc1F. The van der Waals surface area contributed by atoms with Crippen molar-refractivity contribution < 1.29 is 26.7 Å². The third-order valence-electron chi connectivity index (χ3n) is 3.84. The number of hydrogen-bond donors (Lipinski definition) is 0. The minimum Gasteiger partial charge on any atom is -0.321 e. The van der Waals surface area contributed by atoms with Gasteiger partial charge in [0.15, 0.2) is 0 Å². The van der Waals surface area contributed by atoms with Gasteiger partial charge in [0.25, 0.3) is 0 Å². The van der Waals surface area contributed by atoms with Gasteiger partial charge in [0, 0.05) is 5.56 Å². The standard InChI is InChI=1S/C17H12F5NOS/c18-13-5-6-14(19)11(7-13)8-23-15(24)9-25-16(23)10-1-3-12(4-2-10)17(20,21)22/h1-7,16H,8-9H2. The third kappa shape index (κ3) is 3.78. The monoisotopic (exact) mass is 373 g/mol. The summed E-state index contributed by atoms with van der Waals surface area (Å²) < 4.78 is 65.1. The summed E-state index contributed by atoms with van der Waals surface area (Å²) >= 11 is 1.23. The number of benzene rings is 2. The summed E-state index contributed by atoms with van der Waals surface area (Å²) in [5.41, 5.74) is -0.262. The Morgan fingerprint density at radius 3 is 2.40 bits per heavy atom. The molecule has 1 saturated heterocycles. The zero-order chi connectivity index (χ0) is 18.2. The molecule has 0 N–H and O–H groups in total. The summed E-state index contributed by atoms with van der Waals surface area (Å²) in [7, 11) is 0. The van der Waals surface area contributed by atoms with Gasteiger partial charge in [-0.15, -0.1) is 11.8 Å². The average Bonchev–Trinajstić information content (AvgIpc) is 2.91. The topological polar surface area (TPSA) is 20.3 Å². The van der Waals surface area contributed by atoms with Crippen LogP contribution in [0, 0.1) is 11.6 Å². The van der Waals surface area contributed by atoms with Crippen molar-refractivity contribution in [1.29, 1.82) is 0 Å². The molecule has 1 amide bonds. The maximum atomic E-state index is 13.8. The minimum absolute atomic E-state index is 0.0211. The van der Waals surface area contributed by atoms with E-state index in [4.69, 9.17) is 0 Å². The molecule has 1 aliphatic heterocycles. The lowest BCUT2D eigenvalue weighted by molar-refractivity contribution is -0.137. The number of rotatable bonds is 3. The smallest absolute Gasteiger partial charge is 0.321 e. The van der Waals surface area contributed by atoms with Crippen molar-refractivity contribution in [2.75, 3.05) is 5.75 Å². The number of nitrogens with zero attached hydrogens (tertiary/aromatic N) is 1. The number of amides is 1. The fraction of sp³-hybridized carbons (Fsp3) is 0.235. The minimum atomic E-state index is -4.44. The second-order valence-corrected chi connectivity index (χ2v) is 6.61. The molecule has 25 heavy (non-hydrogen) atoms. The number of carbonyl (C=O) groups is 1. The van der Waals surface area contributed by atoms with Crippen molar-refractivity contribution in [2.24, 2.45) is 0 Å². The first kappa shape index (κ1) is 17.7. The van der Waals surface area contributed by atoms with E-state index in [1.54, 1.807) is 0 Å². The van der Waals surface area contributed by atoms with Crippen molar-refractivity contribution in [3.63, 3.8) is 0 Å². The number of hydrogen-bond acceptors (Lipinski definition) is 2. The predicted octanol–water partition coefficient (Wildman–Crippen LogP) is 4.76. The molecule has 0 aliphatic carbocycles. The van der Waals surface area contributed by atoms with E-state index in [1.165, 1.54) is 28.8 Å². The first-order valence-corrected chi connectivity index (χ1v) is 8.33. The van der Waals surface area contributed by atoms with Crippen molar-refractivity contribution in [2.45, 2.75) is 18.1 Å². The highest BCUT2D eigenvalue weighted by molar-refractivity contribution is 8.00. The van der Waals surface area contributed by atoms with Gasteiger partial charge in [0.2, 0.25) is 5.91 Å². The van der Waals surface area contributed by atoms with Gasteiger partial charge in [-0.05, 0) is 35.9 Å². The molecule has 0 bridgehead atoms. The fourth-order valence-corrected chi connectivity index (χ4v) is 3.77. The molecule has 2 aromatic rings. The Bertz CT molecular complexity index is 791. The zero-order valence-corrected chi connectivity index (χ0v) is 13.5. The highest BCUT2D eigenvalue weighted by atomic mass is 32.2. The zero-order valence-electron chi connectivity index (χ0n) is 12.7. The normalized spacial score (nSPS) is 18.0. The Hall–Kier alpha value is -2.09. The molecule has 1 fully saturated rings. The van der Waals surface area contributed by atoms with Crippen molar-refractivity contribution >= 4 is 17.7 Å². The molecule has 2 aromatic carbocycles. The molecule has 0 aromatic heterocycles. The lowest BCUT2D eigenvalue weighted by Crippen LogP contribution is -2.28. The van der Waals surface area contributed by atoms with E-state index >= 15 is 0 Å². The van der Waals surface area contributed by atoms with Crippen LogP contribution in [0.2, 0.25) is 0 Å². The lowest BCUT2D eigenvalue weighted by atomic mass is 10.1. The third-order valence-corrected chi connectivity index (χ3v) is 5.10. The Kier molecular flexibility index (Phi) is 4.73. The van der Waals surface area contributed by atoms with Gasteiger partial charge in [-0.1, -0.05) is 12.1 Å². The van der Waals surface area contributed by atoms with Crippen LogP contribution < -0.4 is 0 Å². The highest BCUT2D eigenvalue weighted by Gasteiger charge is 2.35. The molecule has 8 heteroatoms. The van der Waals surface area contributed by atoms with Gasteiger partial charge >= 0.3 is 6.18 Å². The van der Waals surface area contributed by atoms with Gasteiger partial charge in [-0.25, -0.2) is 8.78 Å². The van der Waals surface area contributed by atoms with Gasteiger partial charge in [0.1, 0.15) is 17.0 Å². The molecule has 132 valence electrons. The average molecular weight is 373 g/mol. The van der Waals surface area contributed by atoms with Crippen LogP contribution in [-0.4, -0.2) is 16.6 Å². The predicted molar refractivity (Wildman–Crippen MR) is 83.6 cm³/mol. The second-order valence-electron chi connectivity index (χ2n) is 5.54. The summed E-state index contributed by atoms with van der Waals surface area (Å²) in [6.07, 6.45) is -4.44. The summed E-state index contributed by atoms with van der Waals surface area (Å²) in [4.78, 5) is 13.4. The summed E-state index contributed by atoms with van der Waals surface area (Å²) in [6.45, 7) is -0.152. The van der Waals surface area contributed by atoms with E-state index in [9.17, 15) is 26.7 Å². The number of halogens is 5. The van der Waals surface area contributed by atoms with Crippen molar-refractivity contribution in [3.05, 3.63) is 70.8 Å². The van der Waals surface area contributed by atoms with Crippen LogP contribution in [0.1, 0.15) is 22.1 Å². The maximum absolute atomic E-state index is 13.8. The number of carbonyl (C=O) groups excluding carboxylic acids is 1. The quantitative estimate of drug-likeness (QED) is 0.723. The Morgan fingerprint density at radius 1 is 1.08 bits per heavy atom. The first-order chi connectivity index (χ1) is 11.8. The van der Waals surface area contributed by atoms with Crippen molar-refractivity contribution in [1.82, 2.24) is 4.90 Å². The molecule has 0 spiro atoms. The molecule has 1 aliphatic rings. The summed E-state index contributed by atoms with van der Waals surface area (Å²) in [5.74, 6) is -1.42. The van der Waals surface area contributed by atoms with Crippen LogP contribution >= 0.6 is 11.8 Å². The summed E-state index contributed by atoms with van der Waals surface area (Å²) in [5, 5.41) is -0.544. The molecule has 1 heterocycles. The van der Waals surface area contributed by atoms with Crippen LogP contribution in [0.4, 0.5) is 22.0 Å². The van der Waals surface area contributed by atoms with Crippen LogP contribution in [0.15, 0.2) is 42.5 Å². The van der Waals surface area contributed by atoms with Gasteiger partial charge in [0.05, 0.1) is 17.9 Å². The van der Waals surface area contributed by atoms with Crippen LogP contribution in [0.3, 0.4) is 0 Å². The maximum Gasteiger partial charge on any atom is 0.416 e. The van der Waals surface area contributed by atoms with E-state index in [2.05, 4.69) is 0 Å². The molecule has 2 nitrogen and oxygen atoms in total. The Morgan fingerprint density at radius 2 is 1.76 bits per heavy atom. The van der Waals surface area contributed by atoms with Gasteiger partial charge in [-0.2, -0.15) is 13.2 Å². The van der Waals surface area contributed by atoms with Gasteiger partial charge < -0.3 is 4.90 Å². The second kappa shape index (κ2) is 6.67. The molecule has 1 unspecified atom stereocenters. The largest absolute Gasteiger partial charge is 0.416 e. The Balaban J connectivity index is 1.86. The lowest BCUT2D eigenvalue weighted by Gasteiger charge is -2.25.